The Kier molecular flexibility index (Phi) is 2.93. The first-order valence-corrected chi connectivity index (χ1v) is 3.65. The third kappa shape index (κ3) is 3.05. The van der Waals surface area contributed by atoms with Crippen LogP contribution in [0.25, 0.3) is 0 Å². The number of anilines is 1. The van der Waals surface area contributed by atoms with E-state index >= 15 is 0 Å². The van der Waals surface area contributed by atoms with Gasteiger partial charge in [0.2, 0.25) is 0 Å². The summed E-state index contributed by atoms with van der Waals surface area (Å²) in [5.41, 5.74) is 0. The minimum Gasteiger partial charge on any atom is -0.365 e. The summed E-state index contributed by atoms with van der Waals surface area (Å²) in [5, 5.41) is 3.58. The molecule has 2 nitrogen and oxygen atoms in total. The molecule has 0 aromatic carbocycles. The summed E-state index contributed by atoms with van der Waals surface area (Å²) in [6.45, 7) is 4.10. The lowest BCUT2D eigenvalue weighted by molar-refractivity contribution is 1.22. The number of rotatable bonds is 3. The molecule has 0 aliphatic heterocycles. The van der Waals surface area contributed by atoms with Crippen molar-refractivity contribution in [2.45, 2.75) is 0 Å². The molecule has 3 heteroatoms. The molecule has 1 rings (SSSR count). The summed E-state index contributed by atoms with van der Waals surface area (Å²) in [7, 11) is 0. The Morgan fingerprint density at radius 2 is 2.45 bits per heavy atom. The van der Waals surface area contributed by atoms with Gasteiger partial charge in [0.05, 0.1) is 6.54 Å². The van der Waals surface area contributed by atoms with Crippen LogP contribution in [0.15, 0.2) is 36.0 Å². The molecule has 0 spiro atoms. The molecule has 0 unspecified atom stereocenters. The van der Waals surface area contributed by atoms with Crippen molar-refractivity contribution in [2.24, 2.45) is 0 Å². The molecule has 0 aliphatic rings. The van der Waals surface area contributed by atoms with E-state index < -0.39 is 0 Å². The average molecular weight is 169 g/mol. The van der Waals surface area contributed by atoms with Crippen LogP contribution in [0.1, 0.15) is 0 Å². The quantitative estimate of drug-likeness (QED) is 0.749. The van der Waals surface area contributed by atoms with Crippen LogP contribution in [0.4, 0.5) is 5.82 Å². The van der Waals surface area contributed by atoms with Crippen molar-refractivity contribution in [1.82, 2.24) is 4.98 Å². The van der Waals surface area contributed by atoms with Gasteiger partial charge in [0, 0.05) is 11.2 Å². The zero-order chi connectivity index (χ0) is 8.10. The zero-order valence-electron chi connectivity index (χ0n) is 6.05. The van der Waals surface area contributed by atoms with E-state index in [1.807, 2.05) is 18.2 Å². The smallest absolute Gasteiger partial charge is 0.126 e. The highest BCUT2D eigenvalue weighted by Crippen LogP contribution is 2.02. The van der Waals surface area contributed by atoms with Crippen molar-refractivity contribution in [1.29, 1.82) is 0 Å². The molecule has 1 aromatic heterocycles. The van der Waals surface area contributed by atoms with Gasteiger partial charge in [0.15, 0.2) is 0 Å². The first kappa shape index (κ1) is 8.08. The van der Waals surface area contributed by atoms with Gasteiger partial charge in [0.25, 0.3) is 0 Å². The average Bonchev–Trinajstić information content (AvgIpc) is 2.03. The molecular weight excluding hydrogens is 160 g/mol. The van der Waals surface area contributed by atoms with Crippen LogP contribution in [0.5, 0.6) is 0 Å². The summed E-state index contributed by atoms with van der Waals surface area (Å²) < 4.78 is 0. The number of nitrogens with one attached hydrogen (secondary N) is 1. The first-order valence-electron chi connectivity index (χ1n) is 3.27. The number of nitrogens with zero attached hydrogens (tertiary/aromatic N) is 1. The predicted octanol–water partition coefficient (Wildman–Crippen LogP) is 2.25. The maximum Gasteiger partial charge on any atom is 0.126 e. The standard InChI is InChI=1S/C8H9ClN2/c1-7(9)6-11-8-4-2-3-5-10-8/h2-5H,1,6H2,(H,10,11). The van der Waals surface area contributed by atoms with Crippen LogP contribution >= 0.6 is 11.6 Å². The monoisotopic (exact) mass is 168 g/mol. The van der Waals surface area contributed by atoms with Crippen molar-refractivity contribution in [2.75, 3.05) is 11.9 Å². The lowest BCUT2D eigenvalue weighted by Crippen LogP contribution is -2.01. The van der Waals surface area contributed by atoms with E-state index in [0.29, 0.717) is 11.6 Å². The molecule has 0 bridgehead atoms. The molecule has 0 aliphatic carbocycles. The van der Waals surface area contributed by atoms with Crippen LogP contribution in [-0.2, 0) is 0 Å². The summed E-state index contributed by atoms with van der Waals surface area (Å²) in [5.74, 6) is 0.814. The van der Waals surface area contributed by atoms with Crippen LogP contribution in [0.2, 0.25) is 0 Å². The molecule has 0 fully saturated rings. The van der Waals surface area contributed by atoms with E-state index in [9.17, 15) is 0 Å². The Balaban J connectivity index is 2.45. The molecule has 11 heavy (non-hydrogen) atoms. The molecule has 0 atom stereocenters. The fraction of sp³-hybridized carbons (Fsp3) is 0.125. The van der Waals surface area contributed by atoms with Crippen molar-refractivity contribution in [3.63, 3.8) is 0 Å². The first-order chi connectivity index (χ1) is 5.29. The second kappa shape index (κ2) is 3.98. The van der Waals surface area contributed by atoms with Gasteiger partial charge < -0.3 is 5.32 Å². The van der Waals surface area contributed by atoms with Gasteiger partial charge in [-0.1, -0.05) is 24.2 Å². The lowest BCUT2D eigenvalue weighted by Gasteiger charge is -2.01. The van der Waals surface area contributed by atoms with Gasteiger partial charge >= 0.3 is 0 Å². The van der Waals surface area contributed by atoms with Crippen molar-refractivity contribution in [3.8, 4) is 0 Å². The number of pyridine rings is 1. The Bertz CT molecular complexity index is 233. The molecule has 1 heterocycles. The normalized spacial score (nSPS) is 9.18. The van der Waals surface area contributed by atoms with Gasteiger partial charge in [-0.15, -0.1) is 0 Å². The van der Waals surface area contributed by atoms with E-state index in [1.165, 1.54) is 0 Å². The summed E-state index contributed by atoms with van der Waals surface area (Å²) in [4.78, 5) is 4.04. The van der Waals surface area contributed by atoms with E-state index in [4.69, 9.17) is 11.6 Å². The largest absolute Gasteiger partial charge is 0.365 e. The second-order valence-electron chi connectivity index (χ2n) is 2.09. The molecule has 1 aromatic rings. The Labute approximate surface area is 70.9 Å². The van der Waals surface area contributed by atoms with Crippen LogP contribution in [-0.4, -0.2) is 11.5 Å². The van der Waals surface area contributed by atoms with Crippen LogP contribution in [0.3, 0.4) is 0 Å². The molecule has 0 saturated carbocycles. The summed E-state index contributed by atoms with van der Waals surface area (Å²) in [6, 6.07) is 5.65. The molecule has 0 saturated heterocycles. The predicted molar refractivity (Wildman–Crippen MR) is 47.7 cm³/mol. The van der Waals surface area contributed by atoms with Gasteiger partial charge in [0.1, 0.15) is 5.82 Å². The van der Waals surface area contributed by atoms with Crippen LogP contribution < -0.4 is 5.32 Å². The van der Waals surface area contributed by atoms with Gasteiger partial charge in [-0.05, 0) is 12.1 Å². The minimum absolute atomic E-state index is 0.554. The maximum atomic E-state index is 5.54. The Morgan fingerprint density at radius 1 is 1.64 bits per heavy atom. The molecule has 0 radical (unpaired) electrons. The number of hydrogen-bond acceptors (Lipinski definition) is 2. The second-order valence-corrected chi connectivity index (χ2v) is 2.62. The number of hydrogen-bond donors (Lipinski definition) is 1. The zero-order valence-corrected chi connectivity index (χ0v) is 6.80. The lowest BCUT2D eigenvalue weighted by atomic mass is 10.4. The van der Waals surface area contributed by atoms with Crippen molar-refractivity contribution >= 4 is 17.4 Å². The maximum absolute atomic E-state index is 5.54. The number of halogens is 1. The SMILES string of the molecule is C=C(Cl)CNc1ccccn1. The highest BCUT2D eigenvalue weighted by atomic mass is 35.5. The third-order valence-electron chi connectivity index (χ3n) is 1.13. The van der Waals surface area contributed by atoms with E-state index in [1.54, 1.807) is 6.20 Å². The third-order valence-corrected chi connectivity index (χ3v) is 1.26. The van der Waals surface area contributed by atoms with Gasteiger partial charge in [-0.3, -0.25) is 0 Å². The molecule has 58 valence electrons. The minimum atomic E-state index is 0.554. The van der Waals surface area contributed by atoms with E-state index in [2.05, 4.69) is 16.9 Å². The fourth-order valence-electron chi connectivity index (χ4n) is 0.654. The highest BCUT2D eigenvalue weighted by Gasteiger charge is 1.89. The Hall–Kier alpha value is -1.02. The topological polar surface area (TPSA) is 24.9 Å². The summed E-state index contributed by atoms with van der Waals surface area (Å²) >= 11 is 5.54. The fourth-order valence-corrected chi connectivity index (χ4v) is 0.721. The van der Waals surface area contributed by atoms with E-state index in [-0.39, 0.29) is 0 Å². The Morgan fingerprint density at radius 3 is 3.00 bits per heavy atom. The van der Waals surface area contributed by atoms with Crippen molar-refractivity contribution in [3.05, 3.63) is 36.0 Å². The molecular formula is C8H9ClN2. The van der Waals surface area contributed by atoms with Crippen LogP contribution in [0, 0.1) is 0 Å². The van der Waals surface area contributed by atoms with Gasteiger partial charge in [-0.2, -0.15) is 0 Å². The summed E-state index contributed by atoms with van der Waals surface area (Å²) in [6.07, 6.45) is 1.72. The molecule has 0 amide bonds. The molecule has 1 N–H and O–H groups in total. The van der Waals surface area contributed by atoms with E-state index in [0.717, 1.165) is 5.82 Å². The van der Waals surface area contributed by atoms with Crippen molar-refractivity contribution < 1.29 is 0 Å². The number of aromatic nitrogens is 1. The van der Waals surface area contributed by atoms with Gasteiger partial charge in [-0.25, -0.2) is 4.98 Å². The highest BCUT2D eigenvalue weighted by molar-refractivity contribution is 6.29.